The van der Waals surface area contributed by atoms with Crippen LogP contribution in [-0.4, -0.2) is 43.7 Å². The molecule has 1 aromatic carbocycles. The van der Waals surface area contributed by atoms with E-state index < -0.39 is 36.7 Å². The Morgan fingerprint density at radius 1 is 1.21 bits per heavy atom. The monoisotopic (exact) mass is 345 g/mol. The molecule has 0 bridgehead atoms. The number of rotatable bonds is 9. The number of hydrogen-bond acceptors (Lipinski definition) is 4. The van der Waals surface area contributed by atoms with Crippen LogP contribution in [0, 0.1) is 5.92 Å². The van der Waals surface area contributed by atoms with Crippen molar-refractivity contribution in [1.82, 2.24) is 5.32 Å². The Balaban J connectivity index is 2.74. The molecule has 0 radical (unpaired) electrons. The number of carbonyl (C=O) groups excluding carboxylic acids is 1. The highest BCUT2D eigenvalue weighted by Crippen LogP contribution is 2.28. The molecule has 0 aliphatic rings. The molecule has 6 nitrogen and oxygen atoms in total. The minimum atomic E-state index is -2.81. The summed E-state index contributed by atoms with van der Waals surface area (Å²) in [5.74, 6) is -1.63. The summed E-state index contributed by atoms with van der Waals surface area (Å²) in [5, 5.41) is 11.0. The summed E-state index contributed by atoms with van der Waals surface area (Å²) in [7, 11) is 2.99. The zero-order valence-electron chi connectivity index (χ0n) is 13.7. The van der Waals surface area contributed by atoms with Crippen LogP contribution >= 0.6 is 0 Å². The Kier molecular flexibility index (Phi) is 7.41. The molecule has 0 heterocycles. The van der Waals surface area contributed by atoms with Crippen LogP contribution in [0.25, 0.3) is 0 Å². The maximum absolute atomic E-state index is 12.4. The van der Waals surface area contributed by atoms with E-state index >= 15 is 0 Å². The molecule has 0 saturated heterocycles. The average Bonchev–Trinajstić information content (AvgIpc) is 2.53. The lowest BCUT2D eigenvalue weighted by molar-refractivity contribution is -0.143. The first-order valence-electron chi connectivity index (χ1n) is 7.30. The molecule has 1 aromatic rings. The number of amides is 1. The van der Waals surface area contributed by atoms with E-state index in [9.17, 15) is 18.4 Å². The lowest BCUT2D eigenvalue weighted by Crippen LogP contribution is -2.44. The number of methoxy groups -OCH3 is 2. The Morgan fingerprint density at radius 2 is 1.83 bits per heavy atom. The summed E-state index contributed by atoms with van der Waals surface area (Å²) in [4.78, 5) is 23.0. The first kappa shape index (κ1) is 19.7. The van der Waals surface area contributed by atoms with Crippen molar-refractivity contribution in [3.05, 3.63) is 23.8 Å². The highest BCUT2D eigenvalue weighted by molar-refractivity contribution is 5.84. The predicted molar refractivity (Wildman–Crippen MR) is 82.6 cm³/mol. The van der Waals surface area contributed by atoms with Crippen LogP contribution in [0.2, 0.25) is 0 Å². The molecule has 0 aliphatic carbocycles. The fourth-order valence-electron chi connectivity index (χ4n) is 2.17. The number of benzene rings is 1. The highest BCUT2D eigenvalue weighted by atomic mass is 19.3. The number of nitrogens with one attached hydrogen (secondary N) is 1. The van der Waals surface area contributed by atoms with Crippen LogP contribution in [0.4, 0.5) is 8.78 Å². The van der Waals surface area contributed by atoms with Crippen LogP contribution in [-0.2, 0) is 16.0 Å². The van der Waals surface area contributed by atoms with Crippen molar-refractivity contribution >= 4 is 11.9 Å². The van der Waals surface area contributed by atoms with E-state index in [4.69, 9.17) is 14.6 Å². The number of carbonyl (C=O) groups is 2. The quantitative estimate of drug-likeness (QED) is 0.716. The van der Waals surface area contributed by atoms with Crippen LogP contribution in [0.5, 0.6) is 11.5 Å². The van der Waals surface area contributed by atoms with Crippen LogP contribution in [0.1, 0.15) is 18.9 Å². The molecule has 1 rings (SSSR count). The van der Waals surface area contributed by atoms with Gasteiger partial charge in [-0.05, 0) is 24.1 Å². The summed E-state index contributed by atoms with van der Waals surface area (Å²) in [6, 6.07) is 3.54. The number of hydrogen-bond donors (Lipinski definition) is 2. The van der Waals surface area contributed by atoms with Crippen molar-refractivity contribution in [3.8, 4) is 11.5 Å². The summed E-state index contributed by atoms with van der Waals surface area (Å²) in [6.45, 7) is 1.59. The van der Waals surface area contributed by atoms with Gasteiger partial charge in [0.25, 0.3) is 0 Å². The molecule has 2 unspecified atom stereocenters. The summed E-state index contributed by atoms with van der Waals surface area (Å²) in [6.07, 6.45) is -3.44. The van der Waals surface area contributed by atoms with Gasteiger partial charge in [-0.25, -0.2) is 13.6 Å². The number of aliphatic carboxylic acids is 1. The third kappa shape index (κ3) is 5.68. The lowest BCUT2D eigenvalue weighted by atomic mass is 9.99. The fourth-order valence-corrected chi connectivity index (χ4v) is 2.17. The normalized spacial score (nSPS) is 13.2. The van der Waals surface area contributed by atoms with Crippen molar-refractivity contribution in [2.24, 2.45) is 5.92 Å². The Morgan fingerprint density at radius 3 is 2.33 bits per heavy atom. The molecule has 0 spiro atoms. The Labute approximate surface area is 138 Å². The van der Waals surface area contributed by atoms with Gasteiger partial charge in [0.05, 0.1) is 14.2 Å². The molecule has 1 amide bonds. The molecule has 0 fully saturated rings. The van der Waals surface area contributed by atoms with Crippen molar-refractivity contribution in [2.75, 3.05) is 14.2 Å². The van der Waals surface area contributed by atoms with Crippen molar-refractivity contribution in [2.45, 2.75) is 32.2 Å². The average molecular weight is 345 g/mol. The number of alkyl halides is 2. The molecule has 0 aromatic heterocycles. The summed E-state index contributed by atoms with van der Waals surface area (Å²) in [5.41, 5.74) is 0.774. The zero-order chi connectivity index (χ0) is 18.3. The topological polar surface area (TPSA) is 84.9 Å². The van der Waals surface area contributed by atoms with E-state index in [1.165, 1.54) is 14.2 Å². The van der Waals surface area contributed by atoms with Gasteiger partial charge in [-0.15, -0.1) is 0 Å². The zero-order valence-corrected chi connectivity index (χ0v) is 13.7. The van der Waals surface area contributed by atoms with Gasteiger partial charge in [0.15, 0.2) is 11.5 Å². The fraction of sp³-hybridized carbons (Fsp3) is 0.500. The second kappa shape index (κ2) is 9.05. The lowest BCUT2D eigenvalue weighted by Gasteiger charge is -2.18. The second-order valence-corrected chi connectivity index (χ2v) is 5.32. The molecule has 134 valence electrons. The van der Waals surface area contributed by atoms with E-state index in [0.717, 1.165) is 5.56 Å². The third-order valence-electron chi connectivity index (χ3n) is 3.47. The largest absolute Gasteiger partial charge is 0.493 e. The first-order valence-corrected chi connectivity index (χ1v) is 7.30. The Bertz CT molecular complexity index is 580. The maximum Gasteiger partial charge on any atom is 0.326 e. The van der Waals surface area contributed by atoms with Gasteiger partial charge in [-0.2, -0.15) is 0 Å². The minimum Gasteiger partial charge on any atom is -0.493 e. The van der Waals surface area contributed by atoms with E-state index in [1.807, 2.05) is 0 Å². The minimum absolute atomic E-state index is 0.299. The van der Waals surface area contributed by atoms with E-state index in [0.29, 0.717) is 17.9 Å². The second-order valence-electron chi connectivity index (χ2n) is 5.32. The smallest absolute Gasteiger partial charge is 0.326 e. The molecule has 24 heavy (non-hydrogen) atoms. The first-order chi connectivity index (χ1) is 11.3. The molecule has 0 aliphatic heterocycles. The van der Waals surface area contributed by atoms with Crippen LogP contribution < -0.4 is 14.8 Å². The summed E-state index contributed by atoms with van der Waals surface area (Å²) < 4.78 is 35.0. The van der Waals surface area contributed by atoms with Gasteiger partial charge >= 0.3 is 5.97 Å². The highest BCUT2D eigenvalue weighted by Gasteiger charge is 2.26. The molecular formula is C16H21F2NO5. The third-order valence-corrected chi connectivity index (χ3v) is 3.47. The van der Waals surface area contributed by atoms with Gasteiger partial charge in [0.1, 0.15) is 6.04 Å². The molecule has 8 heteroatoms. The van der Waals surface area contributed by atoms with E-state index in [2.05, 4.69) is 5.32 Å². The molecular weight excluding hydrogens is 324 g/mol. The summed E-state index contributed by atoms with van der Waals surface area (Å²) >= 11 is 0. The van der Waals surface area contributed by atoms with Crippen LogP contribution in [0.15, 0.2) is 18.2 Å². The maximum atomic E-state index is 12.4. The molecule has 2 N–H and O–H groups in total. The van der Waals surface area contributed by atoms with Gasteiger partial charge in [0, 0.05) is 12.3 Å². The molecule has 0 saturated carbocycles. The van der Waals surface area contributed by atoms with E-state index in [1.54, 1.807) is 25.1 Å². The van der Waals surface area contributed by atoms with Gasteiger partial charge in [-0.1, -0.05) is 13.0 Å². The SMILES string of the molecule is COc1ccc(CC(C)C(=O)NC(CC(F)F)C(=O)O)cc1OC. The van der Waals surface area contributed by atoms with Crippen molar-refractivity contribution in [3.63, 3.8) is 0 Å². The number of ether oxygens (including phenoxy) is 2. The van der Waals surface area contributed by atoms with Crippen molar-refractivity contribution < 1.29 is 33.0 Å². The van der Waals surface area contributed by atoms with Crippen molar-refractivity contribution in [1.29, 1.82) is 0 Å². The van der Waals surface area contributed by atoms with E-state index in [-0.39, 0.29) is 0 Å². The molecule has 2 atom stereocenters. The van der Waals surface area contributed by atoms with Gasteiger partial charge in [0.2, 0.25) is 12.3 Å². The predicted octanol–water partition coefficient (Wildman–Crippen LogP) is 2.11. The van der Waals surface area contributed by atoms with Gasteiger partial charge < -0.3 is 19.9 Å². The van der Waals surface area contributed by atoms with Crippen LogP contribution in [0.3, 0.4) is 0 Å². The Hall–Kier alpha value is -2.38. The van der Waals surface area contributed by atoms with Gasteiger partial charge in [-0.3, -0.25) is 4.79 Å². The number of carboxylic acid groups (broad SMARTS) is 1. The standard InChI is InChI=1S/C16H21F2NO5/c1-9(15(20)19-11(16(21)22)8-14(17)18)6-10-4-5-12(23-2)13(7-10)24-3/h4-5,7,9,11,14H,6,8H2,1-3H3,(H,19,20)(H,21,22). The number of carboxylic acids is 1. The number of halogens is 2.